The molecule has 0 aromatic rings. The predicted molar refractivity (Wildman–Crippen MR) is 64.3 cm³/mol. The monoisotopic (exact) mass is 256 g/mol. The minimum absolute atomic E-state index is 0.0914. The SMILES string of the molecule is O=C(O)CCCNC(=O)N1CCOC(C2CC2)C1. The topological polar surface area (TPSA) is 78.9 Å². The first-order valence-corrected chi connectivity index (χ1v) is 6.53. The molecule has 1 aliphatic carbocycles. The fraction of sp³-hybridized carbons (Fsp3) is 0.833. The lowest BCUT2D eigenvalue weighted by Gasteiger charge is -2.33. The maximum Gasteiger partial charge on any atom is 0.317 e. The van der Waals surface area contributed by atoms with Gasteiger partial charge in [-0.1, -0.05) is 0 Å². The van der Waals surface area contributed by atoms with Gasteiger partial charge < -0.3 is 20.1 Å². The molecule has 1 unspecified atom stereocenters. The van der Waals surface area contributed by atoms with Gasteiger partial charge in [0.1, 0.15) is 0 Å². The molecule has 2 rings (SSSR count). The Balaban J connectivity index is 1.66. The van der Waals surface area contributed by atoms with Crippen LogP contribution in [0.3, 0.4) is 0 Å². The van der Waals surface area contributed by atoms with Gasteiger partial charge in [-0.25, -0.2) is 4.79 Å². The molecule has 0 radical (unpaired) electrons. The molecule has 2 fully saturated rings. The van der Waals surface area contributed by atoms with Gasteiger partial charge in [-0.05, 0) is 25.2 Å². The Bertz CT molecular complexity index is 317. The summed E-state index contributed by atoms with van der Waals surface area (Å²) in [7, 11) is 0. The van der Waals surface area contributed by atoms with Gasteiger partial charge in [0, 0.05) is 26.1 Å². The Morgan fingerprint density at radius 2 is 2.17 bits per heavy atom. The number of ether oxygens (including phenoxy) is 1. The Morgan fingerprint density at radius 3 is 2.83 bits per heavy atom. The fourth-order valence-electron chi connectivity index (χ4n) is 2.16. The average Bonchev–Trinajstić information content (AvgIpc) is 3.18. The van der Waals surface area contributed by atoms with E-state index >= 15 is 0 Å². The van der Waals surface area contributed by atoms with Gasteiger partial charge in [0.2, 0.25) is 0 Å². The molecular formula is C12H20N2O4. The Kier molecular flexibility index (Phi) is 4.41. The zero-order valence-corrected chi connectivity index (χ0v) is 10.4. The van der Waals surface area contributed by atoms with Crippen molar-refractivity contribution in [3.05, 3.63) is 0 Å². The van der Waals surface area contributed by atoms with Crippen molar-refractivity contribution in [3.8, 4) is 0 Å². The summed E-state index contributed by atoms with van der Waals surface area (Å²) < 4.78 is 5.64. The number of hydrogen-bond acceptors (Lipinski definition) is 3. The fourth-order valence-corrected chi connectivity index (χ4v) is 2.16. The lowest BCUT2D eigenvalue weighted by Crippen LogP contribution is -2.50. The van der Waals surface area contributed by atoms with Gasteiger partial charge in [0.05, 0.1) is 12.7 Å². The van der Waals surface area contributed by atoms with E-state index in [1.165, 1.54) is 12.8 Å². The van der Waals surface area contributed by atoms with Gasteiger partial charge in [0.25, 0.3) is 0 Å². The molecule has 0 bridgehead atoms. The molecule has 6 nitrogen and oxygen atoms in total. The predicted octanol–water partition coefficient (Wildman–Crippen LogP) is 0.672. The molecule has 0 aromatic carbocycles. The van der Waals surface area contributed by atoms with Crippen molar-refractivity contribution in [1.82, 2.24) is 10.2 Å². The first-order valence-electron chi connectivity index (χ1n) is 6.53. The minimum Gasteiger partial charge on any atom is -0.481 e. The largest absolute Gasteiger partial charge is 0.481 e. The van der Waals surface area contributed by atoms with E-state index < -0.39 is 5.97 Å². The molecule has 6 heteroatoms. The number of carbonyl (C=O) groups excluding carboxylic acids is 1. The molecule has 102 valence electrons. The molecule has 1 heterocycles. The normalized spacial score (nSPS) is 23.8. The zero-order valence-electron chi connectivity index (χ0n) is 10.4. The highest BCUT2D eigenvalue weighted by molar-refractivity contribution is 5.74. The van der Waals surface area contributed by atoms with E-state index in [1.807, 2.05) is 0 Å². The number of carboxylic acids is 1. The molecule has 1 saturated heterocycles. The van der Waals surface area contributed by atoms with Crippen LogP contribution in [0.4, 0.5) is 4.79 Å². The summed E-state index contributed by atoms with van der Waals surface area (Å²) >= 11 is 0. The first kappa shape index (κ1) is 13.1. The molecule has 1 aliphatic heterocycles. The van der Waals surface area contributed by atoms with Gasteiger partial charge in [-0.2, -0.15) is 0 Å². The third-order valence-electron chi connectivity index (χ3n) is 3.37. The zero-order chi connectivity index (χ0) is 13.0. The lowest BCUT2D eigenvalue weighted by atomic mass is 10.2. The Morgan fingerprint density at radius 1 is 1.39 bits per heavy atom. The van der Waals surface area contributed by atoms with Crippen LogP contribution in [0, 0.1) is 5.92 Å². The van der Waals surface area contributed by atoms with Crippen LogP contribution in [0.2, 0.25) is 0 Å². The van der Waals surface area contributed by atoms with E-state index in [-0.39, 0.29) is 18.6 Å². The van der Waals surface area contributed by atoms with Crippen molar-refractivity contribution in [2.45, 2.75) is 31.8 Å². The van der Waals surface area contributed by atoms with E-state index in [4.69, 9.17) is 9.84 Å². The van der Waals surface area contributed by atoms with Crippen LogP contribution in [0.15, 0.2) is 0 Å². The Labute approximate surface area is 106 Å². The highest BCUT2D eigenvalue weighted by atomic mass is 16.5. The van der Waals surface area contributed by atoms with Crippen molar-refractivity contribution in [1.29, 1.82) is 0 Å². The highest BCUT2D eigenvalue weighted by Gasteiger charge is 2.36. The van der Waals surface area contributed by atoms with E-state index in [9.17, 15) is 9.59 Å². The number of carboxylic acid groups (broad SMARTS) is 1. The number of nitrogens with one attached hydrogen (secondary N) is 1. The number of hydrogen-bond donors (Lipinski definition) is 2. The second kappa shape index (κ2) is 6.04. The minimum atomic E-state index is -0.829. The van der Waals surface area contributed by atoms with E-state index in [0.29, 0.717) is 38.6 Å². The molecule has 0 spiro atoms. The van der Waals surface area contributed by atoms with Crippen molar-refractivity contribution in [2.75, 3.05) is 26.2 Å². The summed E-state index contributed by atoms with van der Waals surface area (Å²) in [4.78, 5) is 23.9. The van der Waals surface area contributed by atoms with Crippen molar-refractivity contribution in [3.63, 3.8) is 0 Å². The van der Waals surface area contributed by atoms with E-state index in [2.05, 4.69) is 5.32 Å². The number of rotatable bonds is 5. The number of nitrogens with zero attached hydrogens (tertiary/aromatic N) is 1. The van der Waals surface area contributed by atoms with Gasteiger partial charge >= 0.3 is 12.0 Å². The number of carbonyl (C=O) groups is 2. The van der Waals surface area contributed by atoms with Crippen molar-refractivity contribution < 1.29 is 19.4 Å². The van der Waals surface area contributed by atoms with Crippen LogP contribution < -0.4 is 5.32 Å². The number of amides is 2. The van der Waals surface area contributed by atoms with E-state index in [0.717, 1.165) is 0 Å². The molecule has 1 atom stereocenters. The number of urea groups is 1. The summed E-state index contributed by atoms with van der Waals surface area (Å²) in [5.41, 5.74) is 0. The smallest absolute Gasteiger partial charge is 0.317 e. The molecule has 2 N–H and O–H groups in total. The van der Waals surface area contributed by atoms with Gasteiger partial charge in [-0.3, -0.25) is 4.79 Å². The van der Waals surface area contributed by atoms with Gasteiger partial charge in [-0.15, -0.1) is 0 Å². The molecule has 1 saturated carbocycles. The highest BCUT2D eigenvalue weighted by Crippen LogP contribution is 2.35. The summed E-state index contributed by atoms with van der Waals surface area (Å²) in [6.45, 7) is 2.30. The van der Waals surface area contributed by atoms with E-state index in [1.54, 1.807) is 4.90 Å². The quantitative estimate of drug-likeness (QED) is 0.709. The summed E-state index contributed by atoms with van der Waals surface area (Å²) in [5, 5.41) is 11.2. The average molecular weight is 256 g/mol. The summed E-state index contributed by atoms with van der Waals surface area (Å²) in [6, 6.07) is -0.102. The lowest BCUT2D eigenvalue weighted by molar-refractivity contribution is -0.137. The second-order valence-electron chi connectivity index (χ2n) is 4.92. The van der Waals surface area contributed by atoms with Crippen LogP contribution in [0.1, 0.15) is 25.7 Å². The van der Waals surface area contributed by atoms with Crippen molar-refractivity contribution >= 4 is 12.0 Å². The standard InChI is InChI=1S/C12H20N2O4/c15-11(16)2-1-5-13-12(17)14-6-7-18-10(8-14)9-3-4-9/h9-10H,1-8H2,(H,13,17)(H,15,16). The summed E-state index contributed by atoms with van der Waals surface area (Å²) in [6.07, 6.45) is 3.17. The third-order valence-corrected chi connectivity index (χ3v) is 3.37. The molecule has 18 heavy (non-hydrogen) atoms. The number of morpholine rings is 1. The van der Waals surface area contributed by atoms with Crippen LogP contribution >= 0.6 is 0 Å². The van der Waals surface area contributed by atoms with Crippen LogP contribution in [0.5, 0.6) is 0 Å². The van der Waals surface area contributed by atoms with Gasteiger partial charge in [0.15, 0.2) is 0 Å². The van der Waals surface area contributed by atoms with Crippen molar-refractivity contribution in [2.24, 2.45) is 5.92 Å². The maximum absolute atomic E-state index is 11.8. The maximum atomic E-state index is 11.8. The molecule has 0 aromatic heterocycles. The Hall–Kier alpha value is -1.30. The van der Waals surface area contributed by atoms with Crippen LogP contribution in [-0.4, -0.2) is 54.4 Å². The summed E-state index contributed by atoms with van der Waals surface area (Å²) in [5.74, 6) is -0.197. The third kappa shape index (κ3) is 3.87. The number of aliphatic carboxylic acids is 1. The molecule has 2 aliphatic rings. The molecular weight excluding hydrogens is 236 g/mol. The second-order valence-corrected chi connectivity index (χ2v) is 4.92. The van der Waals surface area contributed by atoms with Crippen LogP contribution in [0.25, 0.3) is 0 Å². The first-order chi connectivity index (χ1) is 8.66. The molecule has 2 amide bonds. The van der Waals surface area contributed by atoms with Crippen LogP contribution in [-0.2, 0) is 9.53 Å².